The molecule has 0 atom stereocenters. The molecule has 0 aromatic carbocycles. The highest BCUT2D eigenvalue weighted by Crippen LogP contribution is 2.24. The van der Waals surface area contributed by atoms with Crippen LogP contribution in [-0.4, -0.2) is 34.8 Å². The first kappa shape index (κ1) is 12.8. The molecule has 2 aliphatic rings. The molecule has 2 heterocycles. The molecule has 0 unspecified atom stereocenters. The van der Waals surface area contributed by atoms with Gasteiger partial charge >= 0.3 is 0 Å². The fraction of sp³-hybridized carbons (Fsp3) is 0.636. The van der Waals surface area contributed by atoms with Crippen molar-refractivity contribution in [1.82, 2.24) is 36.8 Å². The molecule has 0 saturated carbocycles. The topological polar surface area (TPSA) is 57.8 Å². The maximum Gasteiger partial charge on any atom is 0.138 e. The molecular weight excluding hydrogens is 230 g/mol. The molecule has 18 heavy (non-hydrogen) atoms. The summed E-state index contributed by atoms with van der Waals surface area (Å²) in [5.41, 5.74) is 10.5. The van der Waals surface area contributed by atoms with E-state index in [-0.39, 0.29) is 5.66 Å². The predicted octanol–water partition coefficient (Wildman–Crippen LogP) is -0.0160. The van der Waals surface area contributed by atoms with Gasteiger partial charge in [-0.1, -0.05) is 6.92 Å². The van der Waals surface area contributed by atoms with E-state index in [9.17, 15) is 0 Å². The Labute approximate surface area is 108 Å². The van der Waals surface area contributed by atoms with Crippen molar-refractivity contribution >= 4 is 0 Å². The average molecular weight is 253 g/mol. The normalized spacial score (nSPS) is 19.9. The molecule has 0 radical (unpaired) electrons. The van der Waals surface area contributed by atoms with Gasteiger partial charge in [0.15, 0.2) is 0 Å². The smallest absolute Gasteiger partial charge is 0.138 e. The standard InChI is InChI=1S/C11H23N7/c1-6-9-7-18(15-16(9)5)11(2,3)17-8-10(12-4)13-14-17/h7-8,12-15H,6H2,1-5H3. The lowest BCUT2D eigenvalue weighted by atomic mass is 10.2. The van der Waals surface area contributed by atoms with E-state index in [0.29, 0.717) is 0 Å². The Hall–Kier alpha value is -1.60. The number of hydrogen-bond donors (Lipinski definition) is 4. The van der Waals surface area contributed by atoms with Gasteiger partial charge in [0.1, 0.15) is 11.5 Å². The minimum Gasteiger partial charge on any atom is -0.373 e. The molecule has 2 aliphatic heterocycles. The minimum atomic E-state index is -0.253. The Kier molecular flexibility index (Phi) is 3.27. The SMILES string of the molecule is CCC1=CN(C(C)(C)N2C=C(NC)NN2)NN1C. The number of rotatable bonds is 4. The second kappa shape index (κ2) is 4.58. The van der Waals surface area contributed by atoms with Crippen LogP contribution >= 0.6 is 0 Å². The van der Waals surface area contributed by atoms with E-state index in [0.717, 1.165) is 12.2 Å². The van der Waals surface area contributed by atoms with Crippen LogP contribution in [0.1, 0.15) is 27.2 Å². The summed E-state index contributed by atoms with van der Waals surface area (Å²) in [6.45, 7) is 6.41. The third kappa shape index (κ3) is 2.06. The van der Waals surface area contributed by atoms with Crippen LogP contribution in [0.5, 0.6) is 0 Å². The zero-order chi connectivity index (χ0) is 13.3. The van der Waals surface area contributed by atoms with E-state index in [4.69, 9.17) is 0 Å². The van der Waals surface area contributed by atoms with E-state index >= 15 is 0 Å². The van der Waals surface area contributed by atoms with Crippen molar-refractivity contribution in [3.05, 3.63) is 23.9 Å². The van der Waals surface area contributed by atoms with Crippen molar-refractivity contribution in [3.8, 4) is 0 Å². The molecular formula is C11H23N7. The number of nitrogens with zero attached hydrogens (tertiary/aromatic N) is 3. The van der Waals surface area contributed by atoms with Gasteiger partial charge in [0.2, 0.25) is 0 Å². The average Bonchev–Trinajstić information content (AvgIpc) is 2.95. The lowest BCUT2D eigenvalue weighted by Crippen LogP contribution is -2.61. The summed E-state index contributed by atoms with van der Waals surface area (Å²) in [5, 5.41) is 9.19. The summed E-state index contributed by atoms with van der Waals surface area (Å²) in [6.07, 6.45) is 5.13. The van der Waals surface area contributed by atoms with Crippen molar-refractivity contribution in [3.63, 3.8) is 0 Å². The second-order valence-corrected chi connectivity index (χ2v) is 4.90. The lowest BCUT2D eigenvalue weighted by molar-refractivity contribution is -0.0520. The van der Waals surface area contributed by atoms with Crippen LogP contribution in [0.15, 0.2) is 23.9 Å². The minimum absolute atomic E-state index is 0.253. The second-order valence-electron chi connectivity index (χ2n) is 4.90. The first-order valence-corrected chi connectivity index (χ1v) is 6.19. The quantitative estimate of drug-likeness (QED) is 0.562. The Bertz CT molecular complexity index is 374. The van der Waals surface area contributed by atoms with Crippen LogP contribution in [0, 0.1) is 0 Å². The van der Waals surface area contributed by atoms with Crippen LogP contribution in [0.25, 0.3) is 0 Å². The summed E-state index contributed by atoms with van der Waals surface area (Å²) in [7, 11) is 3.91. The first-order valence-electron chi connectivity index (χ1n) is 6.19. The van der Waals surface area contributed by atoms with Crippen molar-refractivity contribution in [1.29, 1.82) is 0 Å². The molecule has 0 fully saturated rings. The summed E-state index contributed by atoms with van der Waals surface area (Å²) < 4.78 is 0. The molecule has 2 rings (SSSR count). The summed E-state index contributed by atoms with van der Waals surface area (Å²) in [5.74, 6) is 0.940. The Morgan fingerprint density at radius 3 is 2.50 bits per heavy atom. The number of hydrazine groups is 4. The van der Waals surface area contributed by atoms with Gasteiger partial charge in [-0.15, -0.1) is 11.1 Å². The van der Waals surface area contributed by atoms with E-state index in [1.807, 2.05) is 30.3 Å². The molecule has 0 saturated heterocycles. The predicted molar refractivity (Wildman–Crippen MR) is 70.4 cm³/mol. The van der Waals surface area contributed by atoms with Gasteiger partial charge in [0, 0.05) is 26.0 Å². The highest BCUT2D eigenvalue weighted by molar-refractivity contribution is 5.08. The fourth-order valence-electron chi connectivity index (χ4n) is 1.95. The lowest BCUT2D eigenvalue weighted by Gasteiger charge is -2.41. The Morgan fingerprint density at radius 2 is 2.00 bits per heavy atom. The molecule has 0 aromatic heterocycles. The molecule has 0 amide bonds. The summed E-state index contributed by atoms with van der Waals surface area (Å²) >= 11 is 0. The fourth-order valence-corrected chi connectivity index (χ4v) is 1.95. The maximum absolute atomic E-state index is 3.32. The van der Waals surface area contributed by atoms with Crippen molar-refractivity contribution in [2.75, 3.05) is 14.1 Å². The summed E-state index contributed by atoms with van der Waals surface area (Å²) in [6, 6.07) is 0. The van der Waals surface area contributed by atoms with E-state index in [1.165, 1.54) is 5.70 Å². The zero-order valence-electron chi connectivity index (χ0n) is 11.7. The Balaban J connectivity index is 2.13. The van der Waals surface area contributed by atoms with E-state index in [1.54, 1.807) is 0 Å². The third-order valence-electron chi connectivity index (χ3n) is 3.35. The maximum atomic E-state index is 3.32. The number of allylic oxidation sites excluding steroid dienone is 1. The van der Waals surface area contributed by atoms with Gasteiger partial charge < -0.3 is 5.32 Å². The monoisotopic (exact) mass is 253 g/mol. The van der Waals surface area contributed by atoms with E-state index < -0.39 is 0 Å². The van der Waals surface area contributed by atoms with Crippen LogP contribution in [0.3, 0.4) is 0 Å². The van der Waals surface area contributed by atoms with Gasteiger partial charge in [-0.05, 0) is 20.3 Å². The summed E-state index contributed by atoms with van der Waals surface area (Å²) in [4.78, 5) is 0. The van der Waals surface area contributed by atoms with Crippen LogP contribution < -0.4 is 21.8 Å². The zero-order valence-corrected chi connectivity index (χ0v) is 11.7. The molecule has 102 valence electrons. The van der Waals surface area contributed by atoms with Crippen molar-refractivity contribution < 1.29 is 0 Å². The van der Waals surface area contributed by atoms with Gasteiger partial charge in [-0.25, -0.2) is 0 Å². The Morgan fingerprint density at radius 1 is 1.28 bits per heavy atom. The van der Waals surface area contributed by atoms with Crippen LogP contribution in [0.2, 0.25) is 0 Å². The molecule has 0 bridgehead atoms. The largest absolute Gasteiger partial charge is 0.373 e. The van der Waals surface area contributed by atoms with Crippen LogP contribution in [-0.2, 0) is 0 Å². The highest BCUT2D eigenvalue weighted by atomic mass is 15.9. The highest BCUT2D eigenvalue weighted by Gasteiger charge is 2.36. The van der Waals surface area contributed by atoms with Gasteiger partial charge in [-0.2, -0.15) is 0 Å². The number of hydrogen-bond acceptors (Lipinski definition) is 7. The molecule has 0 aromatic rings. The van der Waals surface area contributed by atoms with Gasteiger partial charge in [-0.3, -0.25) is 20.5 Å². The molecule has 7 heteroatoms. The van der Waals surface area contributed by atoms with Crippen molar-refractivity contribution in [2.24, 2.45) is 0 Å². The molecule has 4 N–H and O–H groups in total. The third-order valence-corrected chi connectivity index (χ3v) is 3.35. The van der Waals surface area contributed by atoms with Gasteiger partial charge in [0.05, 0.1) is 6.20 Å². The van der Waals surface area contributed by atoms with Crippen molar-refractivity contribution in [2.45, 2.75) is 32.9 Å². The van der Waals surface area contributed by atoms with E-state index in [2.05, 4.69) is 53.8 Å². The van der Waals surface area contributed by atoms with Crippen LogP contribution in [0.4, 0.5) is 0 Å². The number of nitrogens with one attached hydrogen (secondary N) is 4. The van der Waals surface area contributed by atoms with Gasteiger partial charge in [0.25, 0.3) is 0 Å². The molecule has 0 spiro atoms. The molecule has 0 aliphatic carbocycles. The molecule has 7 nitrogen and oxygen atoms in total. The first-order chi connectivity index (χ1) is 8.48.